The maximum atomic E-state index is 12.5. The number of benzene rings is 1. The van der Waals surface area contributed by atoms with E-state index in [4.69, 9.17) is 14.2 Å². The van der Waals surface area contributed by atoms with Crippen molar-refractivity contribution in [2.24, 2.45) is 11.3 Å². The Morgan fingerprint density at radius 2 is 1.60 bits per heavy atom. The smallest absolute Gasteiger partial charge is 0.328 e. The van der Waals surface area contributed by atoms with E-state index in [1.807, 2.05) is 13.8 Å². The Morgan fingerprint density at radius 1 is 1.00 bits per heavy atom. The fourth-order valence-corrected chi connectivity index (χ4v) is 2.03. The summed E-state index contributed by atoms with van der Waals surface area (Å²) in [6.45, 7) is 11.3. The van der Waals surface area contributed by atoms with Crippen LogP contribution in [0.15, 0.2) is 24.3 Å². The highest BCUT2D eigenvalue weighted by molar-refractivity contribution is 6.00. The molecule has 0 aromatic heterocycles. The van der Waals surface area contributed by atoms with Gasteiger partial charge in [0.2, 0.25) is 0 Å². The van der Waals surface area contributed by atoms with Crippen molar-refractivity contribution in [3.05, 3.63) is 24.3 Å². The van der Waals surface area contributed by atoms with E-state index < -0.39 is 17.4 Å². The van der Waals surface area contributed by atoms with Crippen molar-refractivity contribution >= 4 is 11.9 Å². The van der Waals surface area contributed by atoms with E-state index in [1.54, 1.807) is 24.3 Å². The predicted molar refractivity (Wildman–Crippen MR) is 96.7 cm³/mol. The molecule has 0 radical (unpaired) electrons. The van der Waals surface area contributed by atoms with Crippen molar-refractivity contribution in [1.82, 2.24) is 0 Å². The molecule has 0 aliphatic heterocycles. The maximum Gasteiger partial charge on any atom is 0.328 e. The third-order valence-corrected chi connectivity index (χ3v) is 3.59. The van der Waals surface area contributed by atoms with Gasteiger partial charge < -0.3 is 14.2 Å². The molecule has 5 heteroatoms. The van der Waals surface area contributed by atoms with E-state index >= 15 is 0 Å². The Bertz CT molecular complexity index is 575. The van der Waals surface area contributed by atoms with Crippen LogP contribution in [0.1, 0.15) is 54.4 Å². The third-order valence-electron chi connectivity index (χ3n) is 3.59. The lowest BCUT2D eigenvalue weighted by molar-refractivity contribution is -0.164. The van der Waals surface area contributed by atoms with Gasteiger partial charge in [-0.2, -0.15) is 0 Å². The molecule has 5 nitrogen and oxygen atoms in total. The Labute approximate surface area is 150 Å². The lowest BCUT2D eigenvalue weighted by Gasteiger charge is -2.22. The van der Waals surface area contributed by atoms with Crippen molar-refractivity contribution in [2.75, 3.05) is 6.61 Å². The molecule has 1 aromatic rings. The highest BCUT2D eigenvalue weighted by atomic mass is 16.6. The Hall–Kier alpha value is -2.04. The van der Waals surface area contributed by atoms with Gasteiger partial charge in [-0.25, -0.2) is 0 Å². The lowest BCUT2D eigenvalue weighted by Crippen LogP contribution is -2.38. The lowest BCUT2D eigenvalue weighted by atomic mass is 9.94. The summed E-state index contributed by atoms with van der Waals surface area (Å²) in [4.78, 5) is 24.7. The summed E-state index contributed by atoms with van der Waals surface area (Å²) >= 11 is 0. The summed E-state index contributed by atoms with van der Waals surface area (Å²) < 4.78 is 16.3. The predicted octanol–water partition coefficient (Wildman–Crippen LogP) is 4.38. The molecule has 0 aliphatic rings. The van der Waals surface area contributed by atoms with E-state index in [0.717, 1.165) is 12.8 Å². The van der Waals surface area contributed by atoms with Gasteiger partial charge in [0.15, 0.2) is 16.9 Å². The summed E-state index contributed by atoms with van der Waals surface area (Å²) in [7, 11) is 0. The highest BCUT2D eigenvalue weighted by Gasteiger charge is 2.40. The topological polar surface area (TPSA) is 61.8 Å². The first-order valence-electron chi connectivity index (χ1n) is 8.79. The fraction of sp³-hybridized carbons (Fsp3) is 0.600. The van der Waals surface area contributed by atoms with Gasteiger partial charge in [0.05, 0.1) is 12.7 Å². The van der Waals surface area contributed by atoms with Crippen molar-refractivity contribution in [3.63, 3.8) is 0 Å². The molecule has 1 aromatic carbocycles. The summed E-state index contributed by atoms with van der Waals surface area (Å²) in [6.07, 6.45) is 1.69. The molecule has 25 heavy (non-hydrogen) atoms. The maximum absolute atomic E-state index is 12.5. The van der Waals surface area contributed by atoms with E-state index in [-0.39, 0.29) is 6.10 Å². The summed E-state index contributed by atoms with van der Waals surface area (Å²) in [5, 5.41) is 0. The number of hydrogen-bond acceptors (Lipinski definition) is 5. The second kappa shape index (κ2) is 9.44. The molecule has 0 amide bonds. The van der Waals surface area contributed by atoms with E-state index in [9.17, 15) is 9.59 Å². The monoisotopic (exact) mass is 350 g/mol. The standard InChI is InChI=1S/C20H30O5/c1-14(2)10-9-13-23-18(21)20(5,6)19(22)25-17-12-8-7-11-16(17)24-15(3)4/h7-8,11-12,14-15H,9-10,13H2,1-6H3. The number of carbonyl (C=O) groups is 2. The molecular weight excluding hydrogens is 320 g/mol. The number of rotatable bonds is 9. The average Bonchev–Trinajstić information content (AvgIpc) is 2.52. The van der Waals surface area contributed by atoms with Crippen LogP contribution in [0, 0.1) is 11.3 Å². The van der Waals surface area contributed by atoms with Gasteiger partial charge in [0.1, 0.15) is 0 Å². The molecule has 0 spiro atoms. The molecule has 140 valence electrons. The van der Waals surface area contributed by atoms with E-state index in [2.05, 4.69) is 13.8 Å². The first-order chi connectivity index (χ1) is 11.6. The largest absolute Gasteiger partial charge is 0.487 e. The normalized spacial score (nSPS) is 11.5. The molecular formula is C20H30O5. The zero-order valence-corrected chi connectivity index (χ0v) is 16.1. The SMILES string of the molecule is CC(C)CCCOC(=O)C(C)(C)C(=O)Oc1ccccc1OC(C)C. The molecule has 0 fully saturated rings. The minimum absolute atomic E-state index is 0.0567. The summed E-state index contributed by atoms with van der Waals surface area (Å²) in [6, 6.07) is 6.90. The van der Waals surface area contributed by atoms with Crippen LogP contribution in [0.2, 0.25) is 0 Å². The number of ether oxygens (including phenoxy) is 3. The number of esters is 2. The van der Waals surface area contributed by atoms with Gasteiger partial charge in [-0.1, -0.05) is 26.0 Å². The summed E-state index contributed by atoms with van der Waals surface area (Å²) in [5.74, 6) is 0.0626. The molecule has 0 saturated heterocycles. The van der Waals surface area contributed by atoms with Crippen molar-refractivity contribution in [1.29, 1.82) is 0 Å². The third kappa shape index (κ3) is 6.77. The molecule has 0 saturated carbocycles. The molecule has 0 unspecified atom stereocenters. The van der Waals surface area contributed by atoms with Crippen molar-refractivity contribution in [2.45, 2.75) is 60.5 Å². The number of carbonyl (C=O) groups excluding carboxylic acids is 2. The Balaban J connectivity index is 2.70. The number of para-hydroxylation sites is 2. The minimum atomic E-state index is -1.39. The second-order valence-corrected chi connectivity index (χ2v) is 7.30. The van der Waals surface area contributed by atoms with Crippen molar-refractivity contribution < 1.29 is 23.8 Å². The van der Waals surface area contributed by atoms with Crippen LogP contribution < -0.4 is 9.47 Å². The molecule has 0 aliphatic carbocycles. The van der Waals surface area contributed by atoms with Crippen LogP contribution in [0.3, 0.4) is 0 Å². The zero-order chi connectivity index (χ0) is 19.0. The van der Waals surface area contributed by atoms with Crippen LogP contribution in [-0.4, -0.2) is 24.6 Å². The van der Waals surface area contributed by atoms with Crippen LogP contribution >= 0.6 is 0 Å². The second-order valence-electron chi connectivity index (χ2n) is 7.30. The van der Waals surface area contributed by atoms with Crippen LogP contribution in [0.5, 0.6) is 11.5 Å². The van der Waals surface area contributed by atoms with Gasteiger partial charge >= 0.3 is 11.9 Å². The molecule has 1 rings (SSSR count). The quantitative estimate of drug-likeness (QED) is 0.286. The van der Waals surface area contributed by atoms with Gasteiger partial charge in [0.25, 0.3) is 0 Å². The van der Waals surface area contributed by atoms with Crippen LogP contribution in [0.25, 0.3) is 0 Å². The first kappa shape index (κ1) is 21.0. The zero-order valence-electron chi connectivity index (χ0n) is 16.1. The van der Waals surface area contributed by atoms with Gasteiger partial charge in [-0.3, -0.25) is 9.59 Å². The van der Waals surface area contributed by atoms with E-state index in [1.165, 1.54) is 13.8 Å². The average molecular weight is 350 g/mol. The molecule has 0 bridgehead atoms. The van der Waals surface area contributed by atoms with E-state index in [0.29, 0.717) is 24.0 Å². The van der Waals surface area contributed by atoms with Crippen LogP contribution in [0.4, 0.5) is 0 Å². The van der Waals surface area contributed by atoms with Gasteiger partial charge in [0, 0.05) is 0 Å². The molecule has 0 N–H and O–H groups in total. The van der Waals surface area contributed by atoms with Gasteiger partial charge in [-0.15, -0.1) is 0 Å². The highest BCUT2D eigenvalue weighted by Crippen LogP contribution is 2.30. The first-order valence-corrected chi connectivity index (χ1v) is 8.79. The van der Waals surface area contributed by atoms with Crippen LogP contribution in [-0.2, 0) is 14.3 Å². The van der Waals surface area contributed by atoms with Crippen molar-refractivity contribution in [3.8, 4) is 11.5 Å². The Morgan fingerprint density at radius 3 is 2.16 bits per heavy atom. The number of hydrogen-bond donors (Lipinski definition) is 0. The Kier molecular flexibility index (Phi) is 7.94. The van der Waals surface area contributed by atoms with Gasteiger partial charge in [-0.05, 0) is 58.6 Å². The molecule has 0 heterocycles. The minimum Gasteiger partial charge on any atom is -0.487 e. The molecule has 0 atom stereocenters. The fourth-order valence-electron chi connectivity index (χ4n) is 2.03. The summed E-state index contributed by atoms with van der Waals surface area (Å²) in [5.41, 5.74) is -1.39.